The van der Waals surface area contributed by atoms with Crippen molar-refractivity contribution in [2.24, 2.45) is 0 Å². The predicted molar refractivity (Wildman–Crippen MR) is 84.4 cm³/mol. The Kier molecular flexibility index (Phi) is 5.74. The molecule has 0 saturated carbocycles. The predicted octanol–water partition coefficient (Wildman–Crippen LogP) is 5.28. The van der Waals surface area contributed by atoms with Crippen molar-refractivity contribution in [2.45, 2.75) is 37.0 Å². The number of hydrogen-bond donors (Lipinski definition) is 0. The number of carbonyl (C=O) groups is 1. The molecular formula is C17H18F2OS. The Bertz CT molecular complexity index is 613. The number of halogens is 2. The van der Waals surface area contributed by atoms with E-state index in [9.17, 15) is 13.6 Å². The van der Waals surface area contributed by atoms with Crippen LogP contribution in [0.25, 0.3) is 10.8 Å². The fraction of sp³-hybridized carbons (Fsp3) is 0.353. The van der Waals surface area contributed by atoms with E-state index < -0.39 is 12.3 Å². The minimum atomic E-state index is -2.66. The third-order valence-corrected chi connectivity index (χ3v) is 4.49. The number of carbonyl (C=O) groups excluding carboxylic acids is 1. The maximum absolute atomic E-state index is 12.8. The van der Waals surface area contributed by atoms with E-state index in [4.69, 9.17) is 0 Å². The number of unbranched alkanes of at least 4 members (excludes halogenated alkanes) is 1. The molecule has 4 heteroatoms. The molecule has 1 nitrogen and oxygen atoms in total. The quantitative estimate of drug-likeness (QED) is 0.393. The van der Waals surface area contributed by atoms with Crippen molar-refractivity contribution in [1.29, 1.82) is 0 Å². The average molecular weight is 308 g/mol. The third kappa shape index (κ3) is 4.03. The van der Waals surface area contributed by atoms with Crippen molar-refractivity contribution < 1.29 is 13.6 Å². The van der Waals surface area contributed by atoms with Crippen molar-refractivity contribution >= 4 is 28.8 Å². The molecule has 0 bridgehead atoms. The number of alkyl halides is 2. The molecule has 0 fully saturated rings. The zero-order valence-electron chi connectivity index (χ0n) is 11.9. The fourth-order valence-corrected chi connectivity index (χ4v) is 3.20. The van der Waals surface area contributed by atoms with E-state index in [1.54, 1.807) is 30.0 Å². The Labute approximate surface area is 127 Å². The van der Waals surface area contributed by atoms with Gasteiger partial charge < -0.3 is 4.79 Å². The molecular weight excluding hydrogens is 290 g/mol. The van der Waals surface area contributed by atoms with E-state index in [0.29, 0.717) is 11.8 Å². The Morgan fingerprint density at radius 2 is 1.90 bits per heavy atom. The summed E-state index contributed by atoms with van der Waals surface area (Å²) < 4.78 is 25.7. The van der Waals surface area contributed by atoms with Gasteiger partial charge in [-0.25, -0.2) is 8.78 Å². The van der Waals surface area contributed by atoms with Gasteiger partial charge in [-0.2, -0.15) is 0 Å². The highest BCUT2D eigenvalue weighted by Crippen LogP contribution is 2.28. The monoisotopic (exact) mass is 308 g/mol. The van der Waals surface area contributed by atoms with Crippen LogP contribution in [0.5, 0.6) is 0 Å². The molecule has 1 atom stereocenters. The molecule has 0 N–H and O–H groups in total. The molecule has 0 saturated heterocycles. The summed E-state index contributed by atoms with van der Waals surface area (Å²) in [6, 6.07) is 11.1. The minimum Gasteiger partial charge on any atom is -0.302 e. The molecule has 0 aliphatic rings. The van der Waals surface area contributed by atoms with E-state index in [2.05, 4.69) is 6.92 Å². The van der Waals surface area contributed by atoms with Crippen molar-refractivity contribution in [3.05, 3.63) is 42.0 Å². The molecule has 21 heavy (non-hydrogen) atoms. The van der Waals surface area contributed by atoms with Gasteiger partial charge in [0.05, 0.1) is 0 Å². The van der Waals surface area contributed by atoms with Crippen LogP contribution in [-0.4, -0.2) is 18.5 Å². The van der Waals surface area contributed by atoms with Gasteiger partial charge in [0.1, 0.15) is 12.2 Å². The van der Waals surface area contributed by atoms with Crippen molar-refractivity contribution in [1.82, 2.24) is 0 Å². The number of hydrogen-bond acceptors (Lipinski definition) is 2. The van der Waals surface area contributed by atoms with E-state index in [-0.39, 0.29) is 0 Å². The average Bonchev–Trinajstić information content (AvgIpc) is 2.47. The van der Waals surface area contributed by atoms with Gasteiger partial charge >= 0.3 is 0 Å². The first-order valence-corrected chi connectivity index (χ1v) is 8.04. The second-order valence-electron chi connectivity index (χ2n) is 4.97. The molecule has 0 amide bonds. The first-order valence-electron chi connectivity index (χ1n) is 7.05. The molecule has 0 spiro atoms. The number of rotatable bonds is 7. The maximum Gasteiger partial charge on any atom is 0.252 e. The zero-order valence-corrected chi connectivity index (χ0v) is 12.7. The lowest BCUT2D eigenvalue weighted by atomic mass is 9.98. The van der Waals surface area contributed by atoms with E-state index in [1.807, 2.05) is 18.2 Å². The SMILES string of the molecule is CCCCSc1ccc2ccc(C(C=O)C(F)F)cc2c1. The molecule has 1 unspecified atom stereocenters. The molecule has 2 aromatic carbocycles. The highest BCUT2D eigenvalue weighted by atomic mass is 32.2. The number of thioether (sulfide) groups is 1. The van der Waals surface area contributed by atoms with Crippen LogP contribution in [0.4, 0.5) is 8.78 Å². The van der Waals surface area contributed by atoms with Gasteiger partial charge in [-0.3, -0.25) is 0 Å². The second kappa shape index (κ2) is 7.55. The van der Waals surface area contributed by atoms with Crippen LogP contribution in [-0.2, 0) is 4.79 Å². The van der Waals surface area contributed by atoms with E-state index >= 15 is 0 Å². The molecule has 2 rings (SSSR count). The molecule has 2 aromatic rings. The molecule has 0 aromatic heterocycles. The summed E-state index contributed by atoms with van der Waals surface area (Å²) in [6.07, 6.45) is -0.0327. The van der Waals surface area contributed by atoms with Crippen molar-refractivity contribution in [3.63, 3.8) is 0 Å². The lowest BCUT2D eigenvalue weighted by molar-refractivity contribution is -0.111. The van der Waals surface area contributed by atoms with E-state index in [1.165, 1.54) is 0 Å². The lowest BCUT2D eigenvalue weighted by Crippen LogP contribution is -2.10. The Hall–Kier alpha value is -1.42. The largest absolute Gasteiger partial charge is 0.302 e. The molecule has 0 radical (unpaired) electrons. The summed E-state index contributed by atoms with van der Waals surface area (Å²) in [5, 5.41) is 1.90. The smallest absolute Gasteiger partial charge is 0.252 e. The first-order chi connectivity index (χ1) is 10.2. The summed E-state index contributed by atoms with van der Waals surface area (Å²) in [7, 11) is 0. The van der Waals surface area contributed by atoms with E-state index in [0.717, 1.165) is 34.3 Å². The Balaban J connectivity index is 2.29. The first kappa shape index (κ1) is 16.0. The fourth-order valence-electron chi connectivity index (χ4n) is 2.16. The third-order valence-electron chi connectivity index (χ3n) is 3.41. The topological polar surface area (TPSA) is 17.1 Å². The summed E-state index contributed by atoms with van der Waals surface area (Å²) in [6.45, 7) is 2.15. The highest BCUT2D eigenvalue weighted by Gasteiger charge is 2.21. The Morgan fingerprint density at radius 1 is 1.14 bits per heavy atom. The number of fused-ring (bicyclic) bond motifs is 1. The van der Waals surface area contributed by atoms with Crippen LogP contribution in [0.1, 0.15) is 31.2 Å². The number of benzene rings is 2. The molecule has 0 aliphatic heterocycles. The summed E-state index contributed by atoms with van der Waals surface area (Å²) in [4.78, 5) is 12.0. The van der Waals surface area contributed by atoms with Crippen LogP contribution >= 0.6 is 11.8 Å². The van der Waals surface area contributed by atoms with Crippen LogP contribution in [0.15, 0.2) is 41.3 Å². The molecule has 0 heterocycles. The van der Waals surface area contributed by atoms with Crippen LogP contribution in [0, 0.1) is 0 Å². The van der Waals surface area contributed by atoms with Gasteiger partial charge in [-0.1, -0.05) is 37.6 Å². The van der Waals surface area contributed by atoms with Crippen molar-refractivity contribution in [3.8, 4) is 0 Å². The second-order valence-corrected chi connectivity index (χ2v) is 6.14. The van der Waals surface area contributed by atoms with Gasteiger partial charge in [-0.05, 0) is 40.6 Å². The van der Waals surface area contributed by atoms with Crippen LogP contribution in [0.2, 0.25) is 0 Å². The number of aldehydes is 1. The highest BCUT2D eigenvalue weighted by molar-refractivity contribution is 7.99. The minimum absolute atomic E-state index is 0.325. The Morgan fingerprint density at radius 3 is 2.57 bits per heavy atom. The van der Waals surface area contributed by atoms with Crippen LogP contribution in [0.3, 0.4) is 0 Å². The summed E-state index contributed by atoms with van der Waals surface area (Å²) >= 11 is 1.77. The maximum atomic E-state index is 12.8. The van der Waals surface area contributed by atoms with Gasteiger partial charge in [-0.15, -0.1) is 11.8 Å². The van der Waals surface area contributed by atoms with Crippen LogP contribution < -0.4 is 0 Å². The van der Waals surface area contributed by atoms with Gasteiger partial charge in [0.25, 0.3) is 6.43 Å². The van der Waals surface area contributed by atoms with Gasteiger partial charge in [0, 0.05) is 4.90 Å². The normalized spacial score (nSPS) is 12.8. The van der Waals surface area contributed by atoms with Crippen molar-refractivity contribution in [2.75, 3.05) is 5.75 Å². The molecule has 0 aliphatic carbocycles. The van der Waals surface area contributed by atoms with Gasteiger partial charge in [0.2, 0.25) is 0 Å². The summed E-state index contributed by atoms with van der Waals surface area (Å²) in [5.41, 5.74) is 0.378. The standard InChI is InChI=1S/C17H18F2OS/c1-2-3-8-21-15-7-6-12-4-5-13(9-14(12)10-15)16(11-20)17(18)19/h4-7,9-11,16-17H,2-3,8H2,1H3. The zero-order chi connectivity index (χ0) is 15.2. The molecule has 112 valence electrons. The van der Waals surface area contributed by atoms with Gasteiger partial charge in [0.15, 0.2) is 0 Å². The lowest BCUT2D eigenvalue weighted by Gasteiger charge is -2.11. The summed E-state index contributed by atoms with van der Waals surface area (Å²) in [5.74, 6) is -0.291.